The maximum atomic E-state index is 12.5. The maximum absolute atomic E-state index is 12.5. The van der Waals surface area contributed by atoms with Crippen molar-refractivity contribution in [2.75, 3.05) is 13.2 Å². The molecule has 5 heteroatoms. The molecular formula is C16H23ClN2O2. The fourth-order valence-corrected chi connectivity index (χ4v) is 2.54. The lowest BCUT2D eigenvalue weighted by atomic mass is 9.87. The zero-order chi connectivity index (χ0) is 15.6. The van der Waals surface area contributed by atoms with Gasteiger partial charge in [-0.15, -0.1) is 0 Å². The standard InChI is InChI=1S/C16H23ClN2O2/c1-10(2)16(3,9-18)19-15(20)12-6-11-7-13(17)4-5-14(11)21-8-12/h4-5,7,10,12H,6,8-9,18H2,1-3H3,(H,19,20). The minimum atomic E-state index is -0.397. The van der Waals surface area contributed by atoms with Gasteiger partial charge in [-0.2, -0.15) is 0 Å². The van der Waals surface area contributed by atoms with Crippen molar-refractivity contribution in [2.45, 2.75) is 32.7 Å². The van der Waals surface area contributed by atoms with Gasteiger partial charge in [0.15, 0.2) is 0 Å². The van der Waals surface area contributed by atoms with Crippen LogP contribution < -0.4 is 15.8 Å². The number of amides is 1. The number of ether oxygens (including phenoxy) is 1. The van der Waals surface area contributed by atoms with Crippen molar-refractivity contribution in [1.82, 2.24) is 5.32 Å². The monoisotopic (exact) mass is 310 g/mol. The number of nitrogens with one attached hydrogen (secondary N) is 1. The van der Waals surface area contributed by atoms with Crippen LogP contribution in [0.15, 0.2) is 18.2 Å². The van der Waals surface area contributed by atoms with E-state index >= 15 is 0 Å². The van der Waals surface area contributed by atoms with E-state index in [2.05, 4.69) is 19.2 Å². The van der Waals surface area contributed by atoms with Crippen LogP contribution >= 0.6 is 11.6 Å². The van der Waals surface area contributed by atoms with E-state index in [1.54, 1.807) is 6.07 Å². The first-order valence-electron chi connectivity index (χ1n) is 7.29. The van der Waals surface area contributed by atoms with Gasteiger partial charge in [-0.1, -0.05) is 25.4 Å². The average molecular weight is 311 g/mol. The molecule has 1 aliphatic rings. The summed E-state index contributed by atoms with van der Waals surface area (Å²) >= 11 is 6.00. The van der Waals surface area contributed by atoms with Crippen LogP contribution in [-0.4, -0.2) is 24.6 Å². The number of hydrogen-bond acceptors (Lipinski definition) is 3. The summed E-state index contributed by atoms with van der Waals surface area (Å²) in [5.41, 5.74) is 6.40. The number of nitrogens with two attached hydrogens (primary N) is 1. The highest BCUT2D eigenvalue weighted by molar-refractivity contribution is 6.30. The number of rotatable bonds is 4. The van der Waals surface area contributed by atoms with Gasteiger partial charge in [0.05, 0.1) is 11.5 Å². The molecule has 0 saturated carbocycles. The molecule has 0 saturated heterocycles. The van der Waals surface area contributed by atoms with E-state index in [0.29, 0.717) is 24.6 Å². The lowest BCUT2D eigenvalue weighted by molar-refractivity contribution is -0.128. The third kappa shape index (κ3) is 3.50. The highest BCUT2D eigenvalue weighted by atomic mass is 35.5. The molecule has 0 radical (unpaired) electrons. The quantitative estimate of drug-likeness (QED) is 0.897. The second-order valence-corrected chi connectivity index (χ2v) is 6.67. The molecule has 1 heterocycles. The van der Waals surface area contributed by atoms with Crippen molar-refractivity contribution < 1.29 is 9.53 Å². The van der Waals surface area contributed by atoms with E-state index in [0.717, 1.165) is 11.3 Å². The number of halogens is 1. The Bertz CT molecular complexity index is 533. The Morgan fingerprint density at radius 1 is 1.57 bits per heavy atom. The molecule has 116 valence electrons. The molecule has 2 atom stereocenters. The van der Waals surface area contributed by atoms with E-state index in [1.165, 1.54) is 0 Å². The van der Waals surface area contributed by atoms with Gasteiger partial charge < -0.3 is 15.8 Å². The number of benzene rings is 1. The molecular weight excluding hydrogens is 288 g/mol. The predicted octanol–water partition coefficient (Wildman–Crippen LogP) is 2.38. The van der Waals surface area contributed by atoms with Crippen LogP contribution in [0.1, 0.15) is 26.3 Å². The first-order chi connectivity index (χ1) is 9.85. The summed E-state index contributed by atoms with van der Waals surface area (Å²) in [6, 6.07) is 5.51. The summed E-state index contributed by atoms with van der Waals surface area (Å²) in [6.45, 7) is 6.88. The van der Waals surface area contributed by atoms with Gasteiger partial charge in [0.2, 0.25) is 5.91 Å². The van der Waals surface area contributed by atoms with Gasteiger partial charge in [0.1, 0.15) is 12.4 Å². The Hall–Kier alpha value is -1.26. The van der Waals surface area contributed by atoms with E-state index in [9.17, 15) is 4.79 Å². The summed E-state index contributed by atoms with van der Waals surface area (Å²) in [6.07, 6.45) is 0.639. The van der Waals surface area contributed by atoms with Crippen LogP contribution in [0, 0.1) is 11.8 Å². The molecule has 1 aromatic carbocycles. The number of fused-ring (bicyclic) bond motifs is 1. The summed E-state index contributed by atoms with van der Waals surface area (Å²) in [4.78, 5) is 12.5. The van der Waals surface area contributed by atoms with Gasteiger partial charge in [0.25, 0.3) is 0 Å². The molecule has 3 N–H and O–H groups in total. The van der Waals surface area contributed by atoms with Crippen LogP contribution in [0.25, 0.3) is 0 Å². The predicted molar refractivity (Wildman–Crippen MR) is 84.6 cm³/mol. The van der Waals surface area contributed by atoms with Gasteiger partial charge in [0, 0.05) is 11.6 Å². The van der Waals surface area contributed by atoms with Crippen LogP contribution in [0.2, 0.25) is 5.02 Å². The summed E-state index contributed by atoms with van der Waals surface area (Å²) in [7, 11) is 0. The van der Waals surface area contributed by atoms with Crippen molar-refractivity contribution in [2.24, 2.45) is 17.6 Å². The SMILES string of the molecule is CC(C)C(C)(CN)NC(=O)C1COc2ccc(Cl)cc2C1. The molecule has 21 heavy (non-hydrogen) atoms. The molecule has 2 rings (SSSR count). The van der Waals surface area contributed by atoms with Crippen molar-refractivity contribution in [3.05, 3.63) is 28.8 Å². The van der Waals surface area contributed by atoms with Crippen LogP contribution in [0.5, 0.6) is 5.75 Å². The highest BCUT2D eigenvalue weighted by Gasteiger charge is 2.33. The molecule has 2 unspecified atom stereocenters. The number of carbonyl (C=O) groups excluding carboxylic acids is 1. The maximum Gasteiger partial charge on any atom is 0.227 e. The fraction of sp³-hybridized carbons (Fsp3) is 0.562. The van der Waals surface area contributed by atoms with E-state index in [4.69, 9.17) is 22.1 Å². The molecule has 0 spiro atoms. The van der Waals surface area contributed by atoms with Crippen LogP contribution in [-0.2, 0) is 11.2 Å². The second kappa shape index (κ2) is 6.24. The van der Waals surface area contributed by atoms with Crippen molar-refractivity contribution in [3.8, 4) is 5.75 Å². The van der Waals surface area contributed by atoms with E-state index in [1.807, 2.05) is 19.1 Å². The lowest BCUT2D eigenvalue weighted by Crippen LogP contribution is -2.57. The molecule has 0 aromatic heterocycles. The zero-order valence-corrected chi connectivity index (χ0v) is 13.5. The summed E-state index contributed by atoms with van der Waals surface area (Å²) in [5, 5.41) is 3.74. The van der Waals surface area contributed by atoms with Crippen molar-refractivity contribution in [1.29, 1.82) is 0 Å². The summed E-state index contributed by atoms with van der Waals surface area (Å²) in [5.74, 6) is 0.856. The van der Waals surface area contributed by atoms with Crippen LogP contribution in [0.4, 0.5) is 0 Å². The van der Waals surface area contributed by atoms with E-state index in [-0.39, 0.29) is 17.7 Å². The van der Waals surface area contributed by atoms with Gasteiger partial charge >= 0.3 is 0 Å². The Morgan fingerprint density at radius 3 is 2.90 bits per heavy atom. The second-order valence-electron chi connectivity index (χ2n) is 6.23. The van der Waals surface area contributed by atoms with Crippen molar-refractivity contribution in [3.63, 3.8) is 0 Å². The summed E-state index contributed by atoms with van der Waals surface area (Å²) < 4.78 is 5.67. The Kier molecular flexibility index (Phi) is 4.79. The minimum absolute atomic E-state index is 0.0118. The zero-order valence-electron chi connectivity index (χ0n) is 12.8. The first kappa shape index (κ1) is 16.1. The topological polar surface area (TPSA) is 64.3 Å². The largest absolute Gasteiger partial charge is 0.492 e. The Labute approximate surface area is 131 Å². The smallest absolute Gasteiger partial charge is 0.227 e. The lowest BCUT2D eigenvalue weighted by Gasteiger charge is -2.35. The molecule has 1 aliphatic heterocycles. The highest BCUT2D eigenvalue weighted by Crippen LogP contribution is 2.30. The molecule has 0 fully saturated rings. The number of hydrogen-bond donors (Lipinski definition) is 2. The minimum Gasteiger partial charge on any atom is -0.492 e. The molecule has 4 nitrogen and oxygen atoms in total. The van der Waals surface area contributed by atoms with Gasteiger partial charge in [-0.25, -0.2) is 0 Å². The van der Waals surface area contributed by atoms with Crippen LogP contribution in [0.3, 0.4) is 0 Å². The first-order valence-corrected chi connectivity index (χ1v) is 7.67. The molecule has 0 bridgehead atoms. The fourth-order valence-electron chi connectivity index (χ4n) is 2.35. The van der Waals surface area contributed by atoms with Gasteiger partial charge in [-0.05, 0) is 43.0 Å². The average Bonchev–Trinajstić information content (AvgIpc) is 2.45. The Morgan fingerprint density at radius 2 is 2.29 bits per heavy atom. The molecule has 0 aliphatic carbocycles. The third-order valence-electron chi connectivity index (χ3n) is 4.41. The number of carbonyl (C=O) groups is 1. The van der Waals surface area contributed by atoms with E-state index < -0.39 is 5.54 Å². The molecule has 1 aromatic rings. The van der Waals surface area contributed by atoms with Gasteiger partial charge in [-0.3, -0.25) is 4.79 Å². The van der Waals surface area contributed by atoms with Crippen molar-refractivity contribution >= 4 is 17.5 Å². The Balaban J connectivity index is 2.08. The normalized spacial score (nSPS) is 20.4. The molecule has 1 amide bonds. The third-order valence-corrected chi connectivity index (χ3v) is 4.64.